The summed E-state index contributed by atoms with van der Waals surface area (Å²) in [5.41, 5.74) is 2.24. The van der Waals surface area contributed by atoms with Crippen molar-refractivity contribution < 1.29 is 24.2 Å². The minimum atomic E-state index is -0.825. The van der Waals surface area contributed by atoms with Crippen LogP contribution in [0.25, 0.3) is 6.08 Å². The molecule has 2 heterocycles. The number of hydrogen-bond acceptors (Lipinski definition) is 6. The molecular formula is C31H32N2O5. The van der Waals surface area contributed by atoms with Crippen molar-refractivity contribution in [2.75, 3.05) is 13.7 Å². The molecule has 3 aromatic rings. The Morgan fingerprint density at radius 1 is 1.11 bits per heavy atom. The lowest BCUT2D eigenvalue weighted by molar-refractivity contribution is -0.130. The van der Waals surface area contributed by atoms with E-state index in [9.17, 15) is 14.7 Å². The Balaban J connectivity index is 1.71. The summed E-state index contributed by atoms with van der Waals surface area (Å²) < 4.78 is 11.5. The number of benzene rings is 2. The van der Waals surface area contributed by atoms with Gasteiger partial charge >= 0.3 is 0 Å². The summed E-state index contributed by atoms with van der Waals surface area (Å²) in [6, 6.07) is 17.5. The highest BCUT2D eigenvalue weighted by molar-refractivity contribution is 6.14. The van der Waals surface area contributed by atoms with E-state index in [0.29, 0.717) is 29.6 Å². The first-order valence-corrected chi connectivity index (χ1v) is 12.6. The van der Waals surface area contributed by atoms with E-state index in [0.717, 1.165) is 17.5 Å². The number of amides is 1. The number of ether oxygens (including phenoxy) is 2. The maximum absolute atomic E-state index is 13.4. The van der Waals surface area contributed by atoms with Crippen LogP contribution in [0, 0.1) is 5.92 Å². The van der Waals surface area contributed by atoms with Crippen LogP contribution in [-0.2, 0) is 16.1 Å². The van der Waals surface area contributed by atoms with Gasteiger partial charge in [-0.25, -0.2) is 0 Å². The zero-order valence-electron chi connectivity index (χ0n) is 21.8. The van der Waals surface area contributed by atoms with Crippen molar-refractivity contribution in [3.63, 3.8) is 0 Å². The van der Waals surface area contributed by atoms with Gasteiger partial charge in [-0.1, -0.05) is 62.4 Å². The molecule has 0 bridgehead atoms. The molecule has 4 rings (SSSR count). The van der Waals surface area contributed by atoms with E-state index < -0.39 is 23.5 Å². The van der Waals surface area contributed by atoms with Gasteiger partial charge < -0.3 is 19.5 Å². The number of carbonyl (C=O) groups excluding carboxylic acids is 2. The SMILES string of the molecule is COc1cc(C2C(C(=O)/C=C/c3ccccc3)=C(O)C(=O)N2Cc2cccnc2)ccc1OCCC(C)C. The van der Waals surface area contributed by atoms with Gasteiger partial charge in [0.05, 0.1) is 25.3 Å². The fourth-order valence-corrected chi connectivity index (χ4v) is 4.31. The molecule has 1 unspecified atom stereocenters. The van der Waals surface area contributed by atoms with Crippen molar-refractivity contribution in [1.29, 1.82) is 0 Å². The average Bonchev–Trinajstić information content (AvgIpc) is 3.18. The second-order valence-corrected chi connectivity index (χ2v) is 9.51. The molecule has 1 aromatic heterocycles. The Morgan fingerprint density at radius 3 is 2.58 bits per heavy atom. The van der Waals surface area contributed by atoms with E-state index in [1.807, 2.05) is 36.4 Å². The van der Waals surface area contributed by atoms with E-state index >= 15 is 0 Å². The Kier molecular flexibility index (Phi) is 8.58. The first-order valence-electron chi connectivity index (χ1n) is 12.6. The predicted octanol–water partition coefficient (Wildman–Crippen LogP) is 5.69. The molecule has 1 aliphatic heterocycles. The van der Waals surface area contributed by atoms with Crippen molar-refractivity contribution in [2.45, 2.75) is 32.9 Å². The summed E-state index contributed by atoms with van der Waals surface area (Å²) in [6.45, 7) is 4.95. The Labute approximate surface area is 223 Å². The number of pyridine rings is 1. The van der Waals surface area contributed by atoms with Gasteiger partial charge in [0, 0.05) is 18.9 Å². The molecule has 38 heavy (non-hydrogen) atoms. The smallest absolute Gasteiger partial charge is 0.290 e. The summed E-state index contributed by atoms with van der Waals surface area (Å²) in [5, 5.41) is 10.9. The number of rotatable bonds is 11. The van der Waals surface area contributed by atoms with Crippen LogP contribution >= 0.6 is 0 Å². The third-order valence-corrected chi connectivity index (χ3v) is 6.33. The number of allylic oxidation sites excluding steroid dienone is 1. The molecule has 0 saturated carbocycles. The molecule has 7 heteroatoms. The van der Waals surface area contributed by atoms with Gasteiger partial charge in [0.25, 0.3) is 5.91 Å². The maximum Gasteiger partial charge on any atom is 0.290 e. The van der Waals surface area contributed by atoms with Gasteiger partial charge in [0.2, 0.25) is 0 Å². The summed E-state index contributed by atoms with van der Waals surface area (Å²) in [6.07, 6.45) is 7.25. The van der Waals surface area contributed by atoms with Crippen LogP contribution in [0.2, 0.25) is 0 Å². The fraction of sp³-hybridized carbons (Fsp3) is 0.258. The molecule has 0 fully saturated rings. The number of carbonyl (C=O) groups is 2. The van der Waals surface area contributed by atoms with E-state index in [2.05, 4.69) is 18.8 Å². The fourth-order valence-electron chi connectivity index (χ4n) is 4.31. The van der Waals surface area contributed by atoms with Crippen LogP contribution in [0.15, 0.2) is 90.5 Å². The predicted molar refractivity (Wildman–Crippen MR) is 146 cm³/mol. The zero-order chi connectivity index (χ0) is 27.1. The summed E-state index contributed by atoms with van der Waals surface area (Å²) in [7, 11) is 1.55. The number of aliphatic hydroxyl groups excluding tert-OH is 1. The molecule has 0 aliphatic carbocycles. The lowest BCUT2D eigenvalue weighted by atomic mass is 9.95. The van der Waals surface area contributed by atoms with Gasteiger partial charge in [-0.2, -0.15) is 0 Å². The molecule has 1 atom stereocenters. The topological polar surface area (TPSA) is 89.0 Å². The number of aliphatic hydroxyl groups is 1. The van der Waals surface area contributed by atoms with E-state index in [-0.39, 0.29) is 12.1 Å². The molecule has 0 saturated heterocycles. The van der Waals surface area contributed by atoms with Crippen molar-refractivity contribution >= 4 is 17.8 Å². The van der Waals surface area contributed by atoms with E-state index in [4.69, 9.17) is 9.47 Å². The van der Waals surface area contributed by atoms with E-state index in [1.165, 1.54) is 11.0 Å². The van der Waals surface area contributed by atoms with Crippen LogP contribution in [-0.4, -0.2) is 40.4 Å². The van der Waals surface area contributed by atoms with Gasteiger partial charge in [-0.3, -0.25) is 14.6 Å². The molecular weight excluding hydrogens is 480 g/mol. The highest BCUT2D eigenvalue weighted by Gasteiger charge is 2.43. The van der Waals surface area contributed by atoms with Gasteiger partial charge in [-0.05, 0) is 53.3 Å². The second-order valence-electron chi connectivity index (χ2n) is 9.51. The Morgan fingerprint density at radius 2 is 1.89 bits per heavy atom. The van der Waals surface area contributed by atoms with Crippen LogP contribution in [0.3, 0.4) is 0 Å². The molecule has 2 aromatic carbocycles. The highest BCUT2D eigenvalue weighted by atomic mass is 16.5. The Hall–Kier alpha value is -4.39. The number of methoxy groups -OCH3 is 1. The zero-order valence-corrected chi connectivity index (χ0v) is 21.8. The summed E-state index contributed by atoms with van der Waals surface area (Å²) >= 11 is 0. The van der Waals surface area contributed by atoms with Crippen LogP contribution in [0.4, 0.5) is 0 Å². The van der Waals surface area contributed by atoms with Gasteiger partial charge in [0.15, 0.2) is 23.0 Å². The molecule has 7 nitrogen and oxygen atoms in total. The minimum Gasteiger partial charge on any atom is -0.503 e. The normalized spacial score (nSPS) is 15.5. The first-order chi connectivity index (χ1) is 18.4. The molecule has 0 spiro atoms. The molecule has 1 aliphatic rings. The van der Waals surface area contributed by atoms with Gasteiger partial charge in [-0.15, -0.1) is 0 Å². The standard InChI is InChI=1S/C31H32N2O5/c1-21(2)15-17-38-26-14-12-24(18-27(26)37-3)29-28(25(34)13-11-22-8-5-4-6-9-22)30(35)31(36)33(29)20-23-10-7-16-32-19-23/h4-14,16,18-19,21,29,35H,15,17,20H2,1-3H3/b13-11+. The van der Waals surface area contributed by atoms with E-state index in [1.54, 1.807) is 49.8 Å². The Bertz CT molecular complexity index is 1330. The molecule has 196 valence electrons. The summed E-state index contributed by atoms with van der Waals surface area (Å²) in [5.74, 6) is -0.0708. The largest absolute Gasteiger partial charge is 0.503 e. The third kappa shape index (κ3) is 6.11. The maximum atomic E-state index is 13.4. The van der Waals surface area contributed by atoms with Crippen molar-refractivity contribution in [2.24, 2.45) is 5.92 Å². The van der Waals surface area contributed by atoms with Crippen LogP contribution < -0.4 is 9.47 Å². The lowest BCUT2D eigenvalue weighted by Gasteiger charge is -2.27. The highest BCUT2D eigenvalue weighted by Crippen LogP contribution is 2.41. The van der Waals surface area contributed by atoms with Crippen LogP contribution in [0.5, 0.6) is 11.5 Å². The van der Waals surface area contributed by atoms with Gasteiger partial charge in [0.1, 0.15) is 0 Å². The minimum absolute atomic E-state index is 0.0154. The number of aromatic nitrogens is 1. The quantitative estimate of drug-likeness (QED) is 0.332. The van der Waals surface area contributed by atoms with Crippen molar-refractivity contribution in [1.82, 2.24) is 9.88 Å². The van der Waals surface area contributed by atoms with Crippen molar-refractivity contribution in [3.8, 4) is 11.5 Å². The second kappa shape index (κ2) is 12.2. The lowest BCUT2D eigenvalue weighted by Crippen LogP contribution is -2.30. The number of hydrogen-bond donors (Lipinski definition) is 1. The van der Waals surface area contributed by atoms with Crippen LogP contribution in [0.1, 0.15) is 43.0 Å². The monoisotopic (exact) mass is 512 g/mol. The average molecular weight is 513 g/mol. The third-order valence-electron chi connectivity index (χ3n) is 6.33. The molecule has 0 radical (unpaired) electrons. The number of ketones is 1. The molecule has 1 amide bonds. The number of nitrogens with zero attached hydrogens (tertiary/aromatic N) is 2. The summed E-state index contributed by atoms with van der Waals surface area (Å²) in [4.78, 5) is 32.3. The van der Waals surface area contributed by atoms with Crippen molar-refractivity contribution in [3.05, 3.63) is 107 Å². The molecule has 1 N–H and O–H groups in total. The first kappa shape index (κ1) is 26.7.